The first-order valence-corrected chi connectivity index (χ1v) is 7.89. The zero-order valence-electron chi connectivity index (χ0n) is 11.6. The fourth-order valence-corrected chi connectivity index (χ4v) is 2.59. The predicted molar refractivity (Wildman–Crippen MR) is 87.6 cm³/mol. The first-order valence-electron chi connectivity index (χ1n) is 6.72. The van der Waals surface area contributed by atoms with Crippen molar-refractivity contribution in [3.8, 4) is 11.5 Å². The van der Waals surface area contributed by atoms with E-state index in [-0.39, 0.29) is 5.82 Å². The van der Waals surface area contributed by atoms with Gasteiger partial charge in [0, 0.05) is 22.6 Å². The van der Waals surface area contributed by atoms with E-state index in [2.05, 4.69) is 28.2 Å². The molecule has 0 radical (unpaired) electrons. The molecule has 0 aromatic heterocycles. The van der Waals surface area contributed by atoms with Crippen LogP contribution in [0.15, 0.2) is 40.9 Å². The highest BCUT2D eigenvalue weighted by atomic mass is 79.9. The van der Waals surface area contributed by atoms with Gasteiger partial charge >= 0.3 is 0 Å². The number of benzene rings is 2. The Morgan fingerprint density at radius 1 is 1.29 bits per heavy atom. The number of hydrogen-bond acceptors (Lipinski definition) is 2. The van der Waals surface area contributed by atoms with E-state index in [1.165, 1.54) is 12.1 Å². The molecular formula is C16H16BrClFNO. The van der Waals surface area contributed by atoms with Crippen molar-refractivity contribution in [2.75, 3.05) is 6.54 Å². The zero-order valence-corrected chi connectivity index (χ0v) is 14.0. The Bertz CT molecular complexity index is 601. The Hall–Kier alpha value is -1.10. The first-order chi connectivity index (χ1) is 10.1. The van der Waals surface area contributed by atoms with Gasteiger partial charge in [-0.25, -0.2) is 4.39 Å². The van der Waals surface area contributed by atoms with Gasteiger partial charge in [-0.2, -0.15) is 0 Å². The molecule has 5 heteroatoms. The van der Waals surface area contributed by atoms with Crippen LogP contribution in [0.25, 0.3) is 0 Å². The normalized spacial score (nSPS) is 10.7. The van der Waals surface area contributed by atoms with Gasteiger partial charge in [0.05, 0.1) is 5.02 Å². The summed E-state index contributed by atoms with van der Waals surface area (Å²) in [6.45, 7) is 3.67. The number of nitrogens with one attached hydrogen (secondary N) is 1. The van der Waals surface area contributed by atoms with Crippen LogP contribution in [0.3, 0.4) is 0 Å². The predicted octanol–water partition coefficient (Wildman–Crippen LogP) is 5.53. The molecule has 0 aliphatic heterocycles. The van der Waals surface area contributed by atoms with Crippen molar-refractivity contribution in [1.82, 2.24) is 5.32 Å². The van der Waals surface area contributed by atoms with Gasteiger partial charge in [-0.1, -0.05) is 46.6 Å². The molecule has 2 aromatic rings. The zero-order chi connectivity index (χ0) is 15.2. The quantitative estimate of drug-likeness (QED) is 0.673. The van der Waals surface area contributed by atoms with Crippen LogP contribution in [0.4, 0.5) is 4.39 Å². The van der Waals surface area contributed by atoms with Gasteiger partial charge in [0.15, 0.2) is 0 Å². The molecule has 0 saturated heterocycles. The second-order valence-electron chi connectivity index (χ2n) is 4.61. The molecule has 21 heavy (non-hydrogen) atoms. The largest absolute Gasteiger partial charge is 0.455 e. The average molecular weight is 373 g/mol. The van der Waals surface area contributed by atoms with Gasteiger partial charge in [0.1, 0.15) is 17.3 Å². The summed E-state index contributed by atoms with van der Waals surface area (Å²) < 4.78 is 19.8. The third-order valence-corrected chi connectivity index (χ3v) is 3.60. The maximum atomic E-state index is 13.4. The van der Waals surface area contributed by atoms with Crippen molar-refractivity contribution in [3.63, 3.8) is 0 Å². The molecule has 0 saturated carbocycles. The molecule has 0 unspecified atom stereocenters. The van der Waals surface area contributed by atoms with Crippen molar-refractivity contribution in [3.05, 3.63) is 57.3 Å². The lowest BCUT2D eigenvalue weighted by molar-refractivity contribution is 0.467. The van der Waals surface area contributed by atoms with Crippen molar-refractivity contribution in [2.24, 2.45) is 0 Å². The Labute approximate surface area is 137 Å². The molecule has 112 valence electrons. The lowest BCUT2D eigenvalue weighted by atomic mass is 10.2. The Morgan fingerprint density at radius 3 is 2.81 bits per heavy atom. The van der Waals surface area contributed by atoms with Crippen molar-refractivity contribution >= 4 is 27.5 Å². The van der Waals surface area contributed by atoms with Gasteiger partial charge < -0.3 is 10.1 Å². The molecule has 0 aliphatic rings. The topological polar surface area (TPSA) is 21.3 Å². The fraction of sp³-hybridized carbons (Fsp3) is 0.250. The Morgan fingerprint density at radius 2 is 2.10 bits per heavy atom. The number of halogens is 3. The van der Waals surface area contributed by atoms with Crippen LogP contribution < -0.4 is 10.1 Å². The van der Waals surface area contributed by atoms with Gasteiger partial charge in [0.2, 0.25) is 0 Å². The smallest absolute Gasteiger partial charge is 0.150 e. The summed E-state index contributed by atoms with van der Waals surface area (Å²) in [5, 5.41) is 3.81. The molecule has 0 atom stereocenters. The monoisotopic (exact) mass is 371 g/mol. The summed E-state index contributed by atoms with van der Waals surface area (Å²) in [5.41, 5.74) is 0.941. The molecule has 2 aromatic carbocycles. The number of ether oxygens (including phenoxy) is 1. The molecule has 0 aliphatic carbocycles. The first kappa shape index (κ1) is 16.3. The van der Waals surface area contributed by atoms with Crippen molar-refractivity contribution < 1.29 is 9.13 Å². The third kappa shape index (κ3) is 4.70. The summed E-state index contributed by atoms with van der Waals surface area (Å²) in [6, 6.07) is 9.99. The minimum Gasteiger partial charge on any atom is -0.455 e. The van der Waals surface area contributed by atoms with Gasteiger partial charge in [-0.15, -0.1) is 0 Å². The number of rotatable bonds is 6. The van der Waals surface area contributed by atoms with E-state index >= 15 is 0 Å². The molecule has 0 spiro atoms. The van der Waals surface area contributed by atoms with Gasteiger partial charge in [0.25, 0.3) is 0 Å². The maximum Gasteiger partial charge on any atom is 0.150 e. The van der Waals surface area contributed by atoms with E-state index < -0.39 is 0 Å². The lowest BCUT2D eigenvalue weighted by Crippen LogP contribution is -2.14. The Balaban J connectivity index is 2.25. The van der Waals surface area contributed by atoms with E-state index in [0.29, 0.717) is 27.5 Å². The van der Waals surface area contributed by atoms with E-state index in [1.807, 2.05) is 12.1 Å². The van der Waals surface area contributed by atoms with Gasteiger partial charge in [-0.3, -0.25) is 0 Å². The SMILES string of the molecule is CCCNCc1cccc(Cl)c1Oc1cc(F)cc(Br)c1. The molecule has 0 amide bonds. The summed E-state index contributed by atoms with van der Waals surface area (Å²) in [5.74, 6) is 0.601. The van der Waals surface area contributed by atoms with Crippen LogP contribution in [0.1, 0.15) is 18.9 Å². The molecule has 2 rings (SSSR count). The fourth-order valence-electron chi connectivity index (χ4n) is 1.91. The minimum absolute atomic E-state index is 0.364. The molecule has 1 N–H and O–H groups in total. The Kier molecular flexibility index (Phi) is 6.03. The summed E-state index contributed by atoms with van der Waals surface area (Å²) >= 11 is 9.46. The van der Waals surface area contributed by atoms with Crippen molar-refractivity contribution in [1.29, 1.82) is 0 Å². The van der Waals surface area contributed by atoms with Gasteiger partial charge in [-0.05, 0) is 31.2 Å². The second kappa shape index (κ2) is 7.78. The lowest BCUT2D eigenvalue weighted by Gasteiger charge is -2.13. The average Bonchev–Trinajstić information content (AvgIpc) is 2.41. The molecule has 0 heterocycles. The summed E-state index contributed by atoms with van der Waals surface area (Å²) in [4.78, 5) is 0. The summed E-state index contributed by atoms with van der Waals surface area (Å²) in [7, 11) is 0. The van der Waals surface area contributed by atoms with Crippen LogP contribution in [0.2, 0.25) is 5.02 Å². The van der Waals surface area contributed by atoms with E-state index in [9.17, 15) is 4.39 Å². The minimum atomic E-state index is -0.364. The van der Waals surface area contributed by atoms with E-state index in [0.717, 1.165) is 18.5 Å². The van der Waals surface area contributed by atoms with Crippen LogP contribution in [0, 0.1) is 5.82 Å². The molecule has 0 bridgehead atoms. The summed E-state index contributed by atoms with van der Waals surface area (Å²) in [6.07, 6.45) is 1.05. The molecular weight excluding hydrogens is 357 g/mol. The standard InChI is InChI=1S/C16H16BrClFNO/c1-2-6-20-10-11-4-3-5-15(18)16(11)21-14-8-12(17)7-13(19)9-14/h3-5,7-9,20H,2,6,10H2,1H3. The van der Waals surface area contributed by atoms with Crippen LogP contribution in [-0.2, 0) is 6.54 Å². The number of hydrogen-bond donors (Lipinski definition) is 1. The van der Waals surface area contributed by atoms with E-state index in [1.54, 1.807) is 12.1 Å². The molecule has 0 fully saturated rings. The molecule has 2 nitrogen and oxygen atoms in total. The highest BCUT2D eigenvalue weighted by Crippen LogP contribution is 2.34. The number of para-hydroxylation sites is 1. The maximum absolute atomic E-state index is 13.4. The highest BCUT2D eigenvalue weighted by molar-refractivity contribution is 9.10. The second-order valence-corrected chi connectivity index (χ2v) is 5.93. The van der Waals surface area contributed by atoms with Crippen LogP contribution in [-0.4, -0.2) is 6.54 Å². The van der Waals surface area contributed by atoms with Crippen molar-refractivity contribution in [2.45, 2.75) is 19.9 Å². The highest BCUT2D eigenvalue weighted by Gasteiger charge is 2.10. The van der Waals surface area contributed by atoms with E-state index in [4.69, 9.17) is 16.3 Å². The van der Waals surface area contributed by atoms with Crippen LogP contribution >= 0.6 is 27.5 Å². The third-order valence-electron chi connectivity index (χ3n) is 2.85. The van der Waals surface area contributed by atoms with Crippen LogP contribution in [0.5, 0.6) is 11.5 Å².